The number of anilines is 1. The molecule has 0 aliphatic carbocycles. The van der Waals surface area contributed by atoms with Gasteiger partial charge >= 0.3 is 0 Å². The zero-order chi connectivity index (χ0) is 15.2. The first-order chi connectivity index (χ1) is 10.1. The molecule has 6 heteroatoms. The molecule has 3 N–H and O–H groups in total. The Bertz CT molecular complexity index is 605. The number of benzene rings is 1. The minimum absolute atomic E-state index is 0. The van der Waals surface area contributed by atoms with E-state index < -0.39 is 0 Å². The Morgan fingerprint density at radius 1 is 1.32 bits per heavy atom. The topological polar surface area (TPSA) is 63.3 Å². The summed E-state index contributed by atoms with van der Waals surface area (Å²) < 4.78 is 0. The molecule has 2 rings (SSSR count). The van der Waals surface area contributed by atoms with Crippen LogP contribution in [0.15, 0.2) is 34.6 Å². The summed E-state index contributed by atoms with van der Waals surface area (Å²) in [4.78, 5) is 8.88. The Morgan fingerprint density at radius 2 is 2.00 bits per heavy atom. The normalized spacial score (nSPS) is 11.4. The average Bonchev–Trinajstić information content (AvgIpc) is 2.95. The van der Waals surface area contributed by atoms with E-state index in [1.165, 1.54) is 5.56 Å². The van der Waals surface area contributed by atoms with Gasteiger partial charge in [0.2, 0.25) is 0 Å². The molecule has 1 aromatic carbocycles. The van der Waals surface area contributed by atoms with Gasteiger partial charge in [0, 0.05) is 11.1 Å². The van der Waals surface area contributed by atoms with Crippen LogP contribution in [0.3, 0.4) is 0 Å². The van der Waals surface area contributed by atoms with Crippen LogP contribution in [0.4, 0.5) is 5.69 Å². The predicted octanol–water partition coefficient (Wildman–Crippen LogP) is 4.37. The maximum atomic E-state index is 5.91. The van der Waals surface area contributed by atoms with Crippen molar-refractivity contribution in [3.63, 3.8) is 0 Å². The number of rotatable bonds is 5. The van der Waals surface area contributed by atoms with Crippen molar-refractivity contribution >= 4 is 47.0 Å². The number of hydrogen-bond acceptors (Lipinski definition) is 3. The SMILES string of the molecule is CCc1ccc(NC(N)=NCc2nc(C(C)C)cs2)cc1.I. The van der Waals surface area contributed by atoms with Crippen molar-refractivity contribution in [1.82, 2.24) is 4.98 Å². The fourth-order valence-corrected chi connectivity index (χ4v) is 2.71. The molecule has 1 heterocycles. The molecule has 0 aliphatic heterocycles. The average molecular weight is 430 g/mol. The van der Waals surface area contributed by atoms with Gasteiger partial charge in [-0.2, -0.15) is 0 Å². The molecule has 2 aromatic rings. The summed E-state index contributed by atoms with van der Waals surface area (Å²) >= 11 is 1.63. The monoisotopic (exact) mass is 430 g/mol. The molecule has 0 saturated carbocycles. The third kappa shape index (κ3) is 5.57. The summed E-state index contributed by atoms with van der Waals surface area (Å²) in [6.07, 6.45) is 1.03. The van der Waals surface area contributed by atoms with Crippen molar-refractivity contribution in [2.24, 2.45) is 10.7 Å². The third-order valence-electron chi connectivity index (χ3n) is 3.18. The van der Waals surface area contributed by atoms with Gasteiger partial charge in [-0.25, -0.2) is 9.98 Å². The maximum absolute atomic E-state index is 5.91. The van der Waals surface area contributed by atoms with E-state index in [2.05, 4.69) is 53.6 Å². The molecule has 0 saturated heterocycles. The quantitative estimate of drug-likeness (QED) is 0.421. The number of thiazole rings is 1. The van der Waals surface area contributed by atoms with E-state index in [1.807, 2.05) is 12.1 Å². The van der Waals surface area contributed by atoms with Crippen LogP contribution in [-0.2, 0) is 13.0 Å². The Hall–Kier alpha value is -1.15. The molecule has 0 fully saturated rings. The molecule has 0 bridgehead atoms. The van der Waals surface area contributed by atoms with E-state index in [0.29, 0.717) is 18.4 Å². The molecule has 0 amide bonds. The summed E-state index contributed by atoms with van der Waals surface area (Å²) in [6.45, 7) is 6.93. The highest BCUT2D eigenvalue weighted by atomic mass is 127. The first-order valence-corrected chi connectivity index (χ1v) is 8.06. The Morgan fingerprint density at radius 3 is 2.55 bits per heavy atom. The van der Waals surface area contributed by atoms with Gasteiger partial charge in [-0.15, -0.1) is 35.3 Å². The van der Waals surface area contributed by atoms with Crippen LogP contribution >= 0.6 is 35.3 Å². The molecule has 0 radical (unpaired) electrons. The van der Waals surface area contributed by atoms with E-state index in [-0.39, 0.29) is 24.0 Å². The summed E-state index contributed by atoms with van der Waals surface area (Å²) in [5.41, 5.74) is 9.28. The lowest BCUT2D eigenvalue weighted by atomic mass is 10.1. The zero-order valence-corrected chi connectivity index (χ0v) is 16.3. The molecule has 4 nitrogen and oxygen atoms in total. The highest BCUT2D eigenvalue weighted by Gasteiger charge is 2.05. The molecule has 22 heavy (non-hydrogen) atoms. The fraction of sp³-hybridized carbons (Fsp3) is 0.375. The molecule has 1 aromatic heterocycles. The molecule has 0 aliphatic rings. The van der Waals surface area contributed by atoms with Crippen LogP contribution < -0.4 is 11.1 Å². The van der Waals surface area contributed by atoms with Crippen LogP contribution in [0.25, 0.3) is 0 Å². The lowest BCUT2D eigenvalue weighted by Crippen LogP contribution is -2.22. The van der Waals surface area contributed by atoms with Crippen molar-refractivity contribution in [2.45, 2.75) is 39.7 Å². The van der Waals surface area contributed by atoms with E-state index in [1.54, 1.807) is 11.3 Å². The largest absolute Gasteiger partial charge is 0.370 e. The standard InChI is InChI=1S/C16H22N4S.HI/c1-4-12-5-7-13(8-6-12)19-16(17)18-9-15-20-14(10-21-15)11(2)3;/h5-8,10-11H,4,9H2,1-3H3,(H3,17,18,19);1H. The summed E-state index contributed by atoms with van der Waals surface area (Å²) in [7, 11) is 0. The molecule has 0 spiro atoms. The van der Waals surface area contributed by atoms with E-state index in [0.717, 1.165) is 22.8 Å². The maximum Gasteiger partial charge on any atom is 0.193 e. The number of aromatic nitrogens is 1. The highest BCUT2D eigenvalue weighted by molar-refractivity contribution is 14.0. The predicted molar refractivity (Wildman–Crippen MR) is 106 cm³/mol. The van der Waals surface area contributed by atoms with E-state index >= 15 is 0 Å². The van der Waals surface area contributed by atoms with Gasteiger partial charge in [0.1, 0.15) is 5.01 Å². The second-order valence-electron chi connectivity index (χ2n) is 5.20. The van der Waals surface area contributed by atoms with Gasteiger partial charge in [-0.3, -0.25) is 0 Å². The molecule has 0 atom stereocenters. The zero-order valence-electron chi connectivity index (χ0n) is 13.2. The highest BCUT2D eigenvalue weighted by Crippen LogP contribution is 2.18. The second kappa shape index (κ2) is 9.09. The number of halogens is 1. The van der Waals surface area contributed by atoms with Crippen molar-refractivity contribution in [2.75, 3.05) is 5.32 Å². The van der Waals surface area contributed by atoms with Gasteiger partial charge < -0.3 is 11.1 Å². The summed E-state index contributed by atoms with van der Waals surface area (Å²) in [5, 5.41) is 6.17. The minimum atomic E-state index is 0. The Kier molecular flexibility index (Phi) is 7.81. The van der Waals surface area contributed by atoms with E-state index in [9.17, 15) is 0 Å². The van der Waals surface area contributed by atoms with Crippen molar-refractivity contribution in [3.8, 4) is 0 Å². The Balaban J connectivity index is 0.00000242. The summed E-state index contributed by atoms with van der Waals surface area (Å²) in [6, 6.07) is 8.21. The van der Waals surface area contributed by atoms with Crippen molar-refractivity contribution in [3.05, 3.63) is 45.9 Å². The second-order valence-corrected chi connectivity index (χ2v) is 6.14. The third-order valence-corrected chi connectivity index (χ3v) is 4.03. The van der Waals surface area contributed by atoms with Crippen LogP contribution in [0.2, 0.25) is 0 Å². The number of aliphatic imine (C=N–C) groups is 1. The number of guanidine groups is 1. The molecule has 120 valence electrons. The number of nitrogens with zero attached hydrogens (tertiary/aromatic N) is 2. The van der Waals surface area contributed by atoms with Gasteiger partial charge in [0.05, 0.1) is 12.2 Å². The molecular weight excluding hydrogens is 407 g/mol. The van der Waals surface area contributed by atoms with Gasteiger partial charge in [0.25, 0.3) is 0 Å². The number of hydrogen-bond donors (Lipinski definition) is 2. The van der Waals surface area contributed by atoms with Crippen LogP contribution in [0.5, 0.6) is 0 Å². The van der Waals surface area contributed by atoms with Gasteiger partial charge in [-0.1, -0.05) is 32.9 Å². The number of aryl methyl sites for hydroxylation is 1. The smallest absolute Gasteiger partial charge is 0.193 e. The Labute approximate surface area is 153 Å². The van der Waals surface area contributed by atoms with Crippen molar-refractivity contribution < 1.29 is 0 Å². The lowest BCUT2D eigenvalue weighted by molar-refractivity contribution is 0.821. The first-order valence-electron chi connectivity index (χ1n) is 7.18. The van der Waals surface area contributed by atoms with Crippen molar-refractivity contribution in [1.29, 1.82) is 0 Å². The summed E-state index contributed by atoms with van der Waals surface area (Å²) in [5.74, 6) is 0.868. The number of nitrogens with one attached hydrogen (secondary N) is 1. The van der Waals surface area contributed by atoms with Crippen LogP contribution in [0, 0.1) is 0 Å². The first kappa shape index (κ1) is 18.9. The van der Waals surface area contributed by atoms with Gasteiger partial charge in [-0.05, 0) is 30.0 Å². The van der Waals surface area contributed by atoms with E-state index in [4.69, 9.17) is 5.73 Å². The fourth-order valence-electron chi connectivity index (χ4n) is 1.83. The number of nitrogens with two attached hydrogens (primary N) is 1. The molecular formula is C16H23IN4S. The lowest BCUT2D eigenvalue weighted by Gasteiger charge is -2.06. The van der Waals surface area contributed by atoms with Gasteiger partial charge in [0.15, 0.2) is 5.96 Å². The minimum Gasteiger partial charge on any atom is -0.370 e. The molecule has 0 unspecified atom stereocenters. The van der Waals surface area contributed by atoms with Crippen LogP contribution in [-0.4, -0.2) is 10.9 Å². The van der Waals surface area contributed by atoms with Crippen LogP contribution in [0.1, 0.15) is 43.0 Å².